The summed E-state index contributed by atoms with van der Waals surface area (Å²) in [4.78, 5) is 32.2. The molecule has 190 valence electrons. The third kappa shape index (κ3) is 6.66. The van der Waals surface area contributed by atoms with Gasteiger partial charge in [0.25, 0.3) is 0 Å². The molecular weight excluding hydrogens is 500 g/mol. The highest BCUT2D eigenvalue weighted by molar-refractivity contribution is 5.92. The van der Waals surface area contributed by atoms with Crippen LogP contribution in [-0.2, 0) is 0 Å². The number of ether oxygens (including phenoxy) is 1. The quantitative estimate of drug-likeness (QED) is 0.181. The Kier molecular flexibility index (Phi) is 7.73. The highest BCUT2D eigenvalue weighted by Crippen LogP contribution is 2.24. The molecule has 6 nitrogen and oxygen atoms in total. The van der Waals surface area contributed by atoms with Gasteiger partial charge in [-0.1, -0.05) is 47.9 Å². The van der Waals surface area contributed by atoms with Crippen molar-refractivity contribution in [3.8, 4) is 40.6 Å². The van der Waals surface area contributed by atoms with Crippen molar-refractivity contribution in [1.82, 2.24) is 9.97 Å². The third-order valence-corrected chi connectivity index (χ3v) is 5.76. The molecule has 1 N–H and O–H groups in total. The fourth-order valence-corrected chi connectivity index (χ4v) is 3.74. The Labute approximate surface area is 231 Å². The molecular formula is C34H20N2O4. The third-order valence-electron chi connectivity index (χ3n) is 5.76. The second-order valence-electron chi connectivity index (χ2n) is 8.57. The molecule has 0 saturated carbocycles. The van der Waals surface area contributed by atoms with Crippen molar-refractivity contribution in [3.63, 3.8) is 0 Å². The molecule has 2 heterocycles. The van der Waals surface area contributed by atoms with E-state index in [9.17, 15) is 9.59 Å². The van der Waals surface area contributed by atoms with Crippen molar-refractivity contribution < 1.29 is 19.4 Å². The molecule has 0 atom stereocenters. The van der Waals surface area contributed by atoms with Gasteiger partial charge in [0.1, 0.15) is 5.75 Å². The van der Waals surface area contributed by atoms with Gasteiger partial charge in [-0.2, -0.15) is 0 Å². The number of aromatic nitrogens is 2. The predicted octanol–water partition coefficient (Wildman–Crippen LogP) is 5.86. The summed E-state index contributed by atoms with van der Waals surface area (Å²) in [6.07, 6.45) is 6.67. The van der Waals surface area contributed by atoms with E-state index < -0.39 is 11.9 Å². The normalized spacial score (nSPS) is 9.90. The molecule has 0 aliphatic rings. The molecule has 2 aromatic heterocycles. The summed E-state index contributed by atoms with van der Waals surface area (Å²) in [5.41, 5.74) is 5.06. The van der Waals surface area contributed by atoms with Gasteiger partial charge >= 0.3 is 11.9 Å². The summed E-state index contributed by atoms with van der Waals surface area (Å²) in [6.45, 7) is 0. The van der Waals surface area contributed by atoms with Crippen molar-refractivity contribution in [2.45, 2.75) is 0 Å². The smallest absolute Gasteiger partial charge is 0.343 e. The van der Waals surface area contributed by atoms with Crippen LogP contribution in [0.2, 0.25) is 0 Å². The Balaban J connectivity index is 1.39. The summed E-state index contributed by atoms with van der Waals surface area (Å²) in [5, 5.41) is 9.09. The second kappa shape index (κ2) is 12.0. The first kappa shape index (κ1) is 25.7. The number of benzene rings is 3. The highest BCUT2D eigenvalue weighted by Gasteiger charge is 2.12. The van der Waals surface area contributed by atoms with Gasteiger partial charge in [-0.15, -0.1) is 0 Å². The van der Waals surface area contributed by atoms with Gasteiger partial charge in [0.2, 0.25) is 0 Å². The molecule has 0 bridgehead atoms. The number of carboxylic acid groups (broad SMARTS) is 1. The van der Waals surface area contributed by atoms with Crippen molar-refractivity contribution in [2.75, 3.05) is 0 Å². The molecule has 0 saturated heterocycles. The van der Waals surface area contributed by atoms with Gasteiger partial charge in [-0.25, -0.2) is 9.59 Å². The maximum Gasteiger partial charge on any atom is 0.343 e. The second-order valence-corrected chi connectivity index (χ2v) is 8.57. The zero-order chi connectivity index (χ0) is 27.7. The minimum absolute atomic E-state index is 0.215. The van der Waals surface area contributed by atoms with Gasteiger partial charge in [0, 0.05) is 47.0 Å². The number of hydrogen-bond donors (Lipinski definition) is 1. The van der Waals surface area contributed by atoms with Crippen molar-refractivity contribution in [1.29, 1.82) is 0 Å². The summed E-state index contributed by atoms with van der Waals surface area (Å²) in [6, 6.07) is 25.9. The van der Waals surface area contributed by atoms with Crippen molar-refractivity contribution in [3.05, 3.63) is 149 Å². The summed E-state index contributed by atoms with van der Waals surface area (Å²) < 4.78 is 5.65. The van der Waals surface area contributed by atoms with Crippen LogP contribution in [0.25, 0.3) is 11.1 Å². The fraction of sp³-hybridized carbons (Fsp3) is 0. The van der Waals surface area contributed by atoms with Gasteiger partial charge in [-0.3, -0.25) is 9.97 Å². The molecule has 5 rings (SSSR count). The van der Waals surface area contributed by atoms with Gasteiger partial charge in [-0.05, 0) is 77.9 Å². The van der Waals surface area contributed by atoms with Crippen LogP contribution in [0.5, 0.6) is 5.75 Å². The van der Waals surface area contributed by atoms with Crippen LogP contribution in [0, 0.1) is 23.7 Å². The predicted molar refractivity (Wildman–Crippen MR) is 151 cm³/mol. The van der Waals surface area contributed by atoms with E-state index in [1.807, 2.05) is 6.07 Å². The highest BCUT2D eigenvalue weighted by atomic mass is 16.5. The van der Waals surface area contributed by atoms with Crippen LogP contribution in [0.15, 0.2) is 116 Å². The zero-order valence-electron chi connectivity index (χ0n) is 21.0. The van der Waals surface area contributed by atoms with Gasteiger partial charge < -0.3 is 9.84 Å². The molecule has 0 radical (unpaired) electrons. The monoisotopic (exact) mass is 520 g/mol. The lowest BCUT2D eigenvalue weighted by Crippen LogP contribution is -2.09. The number of esters is 1. The zero-order valence-corrected chi connectivity index (χ0v) is 21.0. The Morgan fingerprint density at radius 3 is 1.48 bits per heavy atom. The largest absolute Gasteiger partial charge is 0.478 e. The Morgan fingerprint density at radius 1 is 0.550 bits per heavy atom. The molecule has 0 amide bonds. The van der Waals surface area contributed by atoms with Crippen molar-refractivity contribution >= 4 is 11.9 Å². The summed E-state index contributed by atoms with van der Waals surface area (Å²) in [7, 11) is 0. The van der Waals surface area contributed by atoms with E-state index in [4.69, 9.17) is 9.84 Å². The van der Waals surface area contributed by atoms with Crippen LogP contribution >= 0.6 is 0 Å². The number of hydrogen-bond acceptors (Lipinski definition) is 5. The minimum Gasteiger partial charge on any atom is -0.478 e. The maximum atomic E-state index is 13.1. The van der Waals surface area contributed by atoms with Crippen LogP contribution in [0.3, 0.4) is 0 Å². The van der Waals surface area contributed by atoms with E-state index in [2.05, 4.69) is 33.6 Å². The van der Waals surface area contributed by atoms with E-state index in [-0.39, 0.29) is 5.56 Å². The average Bonchev–Trinajstić information content (AvgIpc) is 3.00. The molecule has 0 aliphatic heterocycles. The lowest BCUT2D eigenvalue weighted by atomic mass is 10.0. The standard InChI is InChI=1S/C34H20N2O4/c37-33(38)30-7-5-28(6-8-30)29-9-11-32(12-10-29)40-34(39)31-22-26(3-1-24-13-17-35-18-14-24)21-27(23-31)4-2-25-15-19-36-20-16-25/h5-23H,(H,37,38). The molecule has 3 aromatic carbocycles. The number of pyridine rings is 2. The number of nitrogens with zero attached hydrogens (tertiary/aromatic N) is 2. The maximum absolute atomic E-state index is 13.1. The molecule has 5 aromatic rings. The number of rotatable bonds is 4. The van der Waals surface area contributed by atoms with E-state index in [0.29, 0.717) is 22.4 Å². The molecule has 6 heteroatoms. The summed E-state index contributed by atoms with van der Waals surface area (Å²) >= 11 is 0. The number of carbonyl (C=O) groups is 2. The van der Waals surface area contributed by atoms with Gasteiger partial charge in [0.15, 0.2) is 0 Å². The molecule has 0 aliphatic carbocycles. The SMILES string of the molecule is O=C(O)c1ccc(-c2ccc(OC(=O)c3cc(C#Cc4ccncc4)cc(C#Cc4ccncc4)c3)cc2)cc1. The van der Waals surface area contributed by atoms with Crippen LogP contribution < -0.4 is 4.74 Å². The summed E-state index contributed by atoms with van der Waals surface area (Å²) in [5.74, 6) is 11.2. The number of carbonyl (C=O) groups excluding carboxylic acids is 1. The lowest BCUT2D eigenvalue weighted by molar-refractivity contribution is 0.0694. The average molecular weight is 521 g/mol. The first-order valence-electron chi connectivity index (χ1n) is 12.2. The fourth-order valence-electron chi connectivity index (χ4n) is 3.74. The van der Waals surface area contributed by atoms with Crippen LogP contribution in [0.4, 0.5) is 0 Å². The molecule has 0 unspecified atom stereocenters. The van der Waals surface area contributed by atoms with E-state index in [1.165, 1.54) is 0 Å². The van der Waals surface area contributed by atoms with Crippen molar-refractivity contribution in [2.24, 2.45) is 0 Å². The molecule has 0 spiro atoms. The van der Waals surface area contributed by atoms with Crippen LogP contribution in [0.1, 0.15) is 43.0 Å². The molecule has 40 heavy (non-hydrogen) atoms. The van der Waals surface area contributed by atoms with Gasteiger partial charge in [0.05, 0.1) is 11.1 Å². The number of aromatic carboxylic acids is 1. The number of carboxylic acids is 1. The lowest BCUT2D eigenvalue weighted by Gasteiger charge is -2.07. The van der Waals surface area contributed by atoms with E-state index in [0.717, 1.165) is 22.3 Å². The first-order valence-corrected chi connectivity index (χ1v) is 12.2. The topological polar surface area (TPSA) is 89.4 Å². The van der Waals surface area contributed by atoms with E-state index >= 15 is 0 Å². The molecule has 0 fully saturated rings. The minimum atomic E-state index is -0.979. The Hall–Kier alpha value is -5.98. The van der Waals surface area contributed by atoms with Crippen LogP contribution in [-0.4, -0.2) is 27.0 Å². The Bertz CT molecular complexity index is 1720. The first-order chi connectivity index (χ1) is 19.5. The Morgan fingerprint density at radius 2 is 1.00 bits per heavy atom. The van der Waals surface area contributed by atoms with E-state index in [1.54, 1.807) is 110 Å².